The Labute approximate surface area is 108 Å². The quantitative estimate of drug-likeness (QED) is 0.839. The molecular formula is C15H21NO2. The summed E-state index contributed by atoms with van der Waals surface area (Å²) < 4.78 is 0. The first-order valence-electron chi connectivity index (χ1n) is 6.87. The van der Waals surface area contributed by atoms with Crippen molar-refractivity contribution >= 4 is 5.69 Å². The minimum Gasteiger partial charge on any atom is -0.393 e. The molecule has 1 saturated carbocycles. The van der Waals surface area contributed by atoms with E-state index in [-0.39, 0.29) is 6.10 Å². The van der Waals surface area contributed by atoms with Crippen LogP contribution in [-0.4, -0.2) is 29.4 Å². The predicted molar refractivity (Wildman–Crippen MR) is 71.5 cm³/mol. The summed E-state index contributed by atoms with van der Waals surface area (Å²) in [6.45, 7) is 3.76. The van der Waals surface area contributed by atoms with Gasteiger partial charge in [-0.15, -0.1) is 0 Å². The number of fused-ring (bicyclic) bond motifs is 1. The molecule has 0 aromatic heterocycles. The maximum atomic E-state index is 9.97. The number of benzene rings is 1. The molecule has 18 heavy (non-hydrogen) atoms. The van der Waals surface area contributed by atoms with E-state index in [1.54, 1.807) is 0 Å². The number of aliphatic hydroxyl groups is 2. The molecule has 1 aromatic carbocycles. The largest absolute Gasteiger partial charge is 0.393 e. The molecule has 2 N–H and O–H groups in total. The molecule has 0 bridgehead atoms. The molecule has 1 saturated heterocycles. The lowest BCUT2D eigenvalue weighted by molar-refractivity contribution is 0.133. The highest BCUT2D eigenvalue weighted by molar-refractivity contribution is 5.55. The molecule has 2 aliphatic rings. The predicted octanol–water partition coefficient (Wildman–Crippen LogP) is 1.95. The third-order valence-corrected chi connectivity index (χ3v) is 4.55. The van der Waals surface area contributed by atoms with E-state index in [0.29, 0.717) is 11.8 Å². The van der Waals surface area contributed by atoms with Crippen LogP contribution in [0.15, 0.2) is 24.3 Å². The van der Waals surface area contributed by atoms with Crippen molar-refractivity contribution < 1.29 is 10.2 Å². The molecule has 3 nitrogen and oxygen atoms in total. The summed E-state index contributed by atoms with van der Waals surface area (Å²) in [4.78, 5) is 2.33. The van der Waals surface area contributed by atoms with E-state index in [1.807, 2.05) is 25.1 Å². The molecule has 98 valence electrons. The molecule has 1 aliphatic heterocycles. The van der Waals surface area contributed by atoms with Gasteiger partial charge in [0.2, 0.25) is 0 Å². The van der Waals surface area contributed by atoms with Crippen LogP contribution in [0.2, 0.25) is 0 Å². The highest BCUT2D eigenvalue weighted by Crippen LogP contribution is 2.41. The molecule has 1 heterocycles. The molecule has 1 aromatic rings. The molecule has 1 aliphatic carbocycles. The molecular weight excluding hydrogens is 226 g/mol. The normalized spacial score (nSPS) is 32.6. The summed E-state index contributed by atoms with van der Waals surface area (Å²) in [7, 11) is 0. The van der Waals surface area contributed by atoms with Crippen LogP contribution in [0.5, 0.6) is 0 Å². The van der Waals surface area contributed by atoms with E-state index < -0.39 is 6.10 Å². The highest BCUT2D eigenvalue weighted by atomic mass is 16.3. The summed E-state index contributed by atoms with van der Waals surface area (Å²) in [5.41, 5.74) is 2.13. The van der Waals surface area contributed by atoms with Gasteiger partial charge in [0.05, 0.1) is 12.2 Å². The third-order valence-electron chi connectivity index (χ3n) is 4.55. The Balaban J connectivity index is 1.85. The second kappa shape index (κ2) is 4.56. The van der Waals surface area contributed by atoms with Crippen molar-refractivity contribution in [2.45, 2.75) is 32.0 Å². The summed E-state index contributed by atoms with van der Waals surface area (Å²) in [5.74, 6) is 1.05. The Morgan fingerprint density at radius 2 is 2.00 bits per heavy atom. The zero-order valence-electron chi connectivity index (χ0n) is 10.8. The van der Waals surface area contributed by atoms with Gasteiger partial charge in [-0.05, 0) is 31.7 Å². The summed E-state index contributed by atoms with van der Waals surface area (Å²) >= 11 is 0. The molecule has 0 spiro atoms. The van der Waals surface area contributed by atoms with E-state index in [1.165, 1.54) is 0 Å². The standard InChI is InChI=1S/C15H21NO2/c1-10(17)12-4-2-3-5-14(12)16-8-11-6-7-15(18)13(11)9-16/h2-5,10-11,13,15,17-18H,6-9H2,1H3/t10-,11?,13?,15?/m1/s1. The second-order valence-electron chi connectivity index (χ2n) is 5.71. The van der Waals surface area contributed by atoms with Crippen molar-refractivity contribution in [3.8, 4) is 0 Å². The smallest absolute Gasteiger partial charge is 0.0781 e. The number of hydrogen-bond donors (Lipinski definition) is 2. The first-order valence-corrected chi connectivity index (χ1v) is 6.87. The van der Waals surface area contributed by atoms with Crippen molar-refractivity contribution in [3.63, 3.8) is 0 Å². The number of anilines is 1. The van der Waals surface area contributed by atoms with Crippen molar-refractivity contribution in [3.05, 3.63) is 29.8 Å². The third kappa shape index (κ3) is 1.91. The van der Waals surface area contributed by atoms with Crippen LogP contribution < -0.4 is 4.90 Å². The summed E-state index contributed by atoms with van der Waals surface area (Å²) in [6.07, 6.45) is 1.53. The maximum Gasteiger partial charge on any atom is 0.0781 e. The molecule has 0 amide bonds. The Hall–Kier alpha value is -1.06. The zero-order valence-corrected chi connectivity index (χ0v) is 10.8. The average Bonchev–Trinajstić information content (AvgIpc) is 2.92. The van der Waals surface area contributed by atoms with Crippen molar-refractivity contribution in [1.82, 2.24) is 0 Å². The first kappa shape index (κ1) is 12.0. The zero-order chi connectivity index (χ0) is 12.7. The lowest BCUT2D eigenvalue weighted by Gasteiger charge is -2.24. The van der Waals surface area contributed by atoms with Gasteiger partial charge in [-0.3, -0.25) is 0 Å². The first-order chi connectivity index (χ1) is 8.66. The van der Waals surface area contributed by atoms with E-state index in [4.69, 9.17) is 0 Å². The minimum atomic E-state index is -0.438. The van der Waals surface area contributed by atoms with E-state index in [2.05, 4.69) is 11.0 Å². The summed E-state index contributed by atoms with van der Waals surface area (Å²) in [5, 5.41) is 19.8. The van der Waals surface area contributed by atoms with Crippen LogP contribution in [0, 0.1) is 11.8 Å². The number of para-hydroxylation sites is 1. The van der Waals surface area contributed by atoms with Gasteiger partial charge in [-0.2, -0.15) is 0 Å². The monoisotopic (exact) mass is 247 g/mol. The Bertz CT molecular complexity index is 432. The van der Waals surface area contributed by atoms with Gasteiger partial charge in [-0.1, -0.05) is 18.2 Å². The highest BCUT2D eigenvalue weighted by Gasteiger charge is 2.42. The SMILES string of the molecule is C[C@@H](O)c1ccccc1N1CC2CCC(O)C2C1. The van der Waals surface area contributed by atoms with Crippen LogP contribution in [-0.2, 0) is 0 Å². The molecule has 3 heteroatoms. The number of hydrogen-bond acceptors (Lipinski definition) is 3. The van der Waals surface area contributed by atoms with Gasteiger partial charge in [0, 0.05) is 30.3 Å². The van der Waals surface area contributed by atoms with Crippen LogP contribution in [0.1, 0.15) is 31.4 Å². The van der Waals surface area contributed by atoms with Crippen LogP contribution in [0.25, 0.3) is 0 Å². The van der Waals surface area contributed by atoms with Crippen molar-refractivity contribution in [2.24, 2.45) is 11.8 Å². The lowest BCUT2D eigenvalue weighted by Crippen LogP contribution is -2.25. The van der Waals surface area contributed by atoms with Gasteiger partial charge in [0.15, 0.2) is 0 Å². The molecule has 4 atom stereocenters. The topological polar surface area (TPSA) is 43.7 Å². The van der Waals surface area contributed by atoms with Crippen LogP contribution in [0.4, 0.5) is 5.69 Å². The summed E-state index contributed by atoms with van der Waals surface area (Å²) in [6, 6.07) is 8.06. The Kier molecular flexibility index (Phi) is 3.04. The Morgan fingerprint density at radius 3 is 2.72 bits per heavy atom. The van der Waals surface area contributed by atoms with E-state index in [0.717, 1.165) is 37.2 Å². The van der Waals surface area contributed by atoms with Crippen LogP contribution in [0.3, 0.4) is 0 Å². The minimum absolute atomic E-state index is 0.126. The van der Waals surface area contributed by atoms with Crippen molar-refractivity contribution in [1.29, 1.82) is 0 Å². The van der Waals surface area contributed by atoms with E-state index >= 15 is 0 Å². The van der Waals surface area contributed by atoms with Gasteiger partial charge in [0.25, 0.3) is 0 Å². The van der Waals surface area contributed by atoms with Crippen LogP contribution >= 0.6 is 0 Å². The average molecular weight is 247 g/mol. The fourth-order valence-electron chi connectivity index (χ4n) is 3.56. The lowest BCUT2D eigenvalue weighted by atomic mass is 10.00. The molecule has 2 fully saturated rings. The van der Waals surface area contributed by atoms with Gasteiger partial charge < -0.3 is 15.1 Å². The van der Waals surface area contributed by atoms with Gasteiger partial charge >= 0.3 is 0 Å². The fourth-order valence-corrected chi connectivity index (χ4v) is 3.56. The van der Waals surface area contributed by atoms with Gasteiger partial charge in [0.1, 0.15) is 0 Å². The van der Waals surface area contributed by atoms with Gasteiger partial charge in [-0.25, -0.2) is 0 Å². The second-order valence-corrected chi connectivity index (χ2v) is 5.71. The molecule has 3 unspecified atom stereocenters. The molecule has 0 radical (unpaired) electrons. The Morgan fingerprint density at radius 1 is 1.22 bits per heavy atom. The van der Waals surface area contributed by atoms with Crippen molar-refractivity contribution in [2.75, 3.05) is 18.0 Å². The number of nitrogens with zero attached hydrogens (tertiary/aromatic N) is 1. The van der Waals surface area contributed by atoms with E-state index in [9.17, 15) is 10.2 Å². The number of rotatable bonds is 2. The fraction of sp³-hybridized carbons (Fsp3) is 0.600. The molecule has 3 rings (SSSR count). The maximum absolute atomic E-state index is 9.97. The number of aliphatic hydroxyl groups excluding tert-OH is 2.